The molecule has 2 aromatic carbocycles. The van der Waals surface area contributed by atoms with Crippen LogP contribution in [0, 0.1) is 0 Å². The Hall–Kier alpha value is -4.22. The second-order valence-electron chi connectivity index (χ2n) is 8.46. The second kappa shape index (κ2) is 15.3. The average Bonchev–Trinajstić information content (AvgIpc) is 2.95. The zero-order valence-electron chi connectivity index (χ0n) is 22.7. The van der Waals surface area contributed by atoms with E-state index in [9.17, 15) is 14.7 Å². The molecule has 0 saturated carbocycles. The Morgan fingerprint density at radius 3 is 2.18 bits per heavy atom. The summed E-state index contributed by atoms with van der Waals surface area (Å²) in [5.74, 6) is 0.463. The summed E-state index contributed by atoms with van der Waals surface area (Å²) in [5, 5.41) is 20.9. The van der Waals surface area contributed by atoms with Gasteiger partial charge in [0.15, 0.2) is 23.1 Å². The molecule has 0 aliphatic rings. The van der Waals surface area contributed by atoms with E-state index in [1.165, 1.54) is 0 Å². The number of amides is 3. The predicted octanol–water partition coefficient (Wildman–Crippen LogP) is 3.66. The molecule has 0 bridgehead atoms. The van der Waals surface area contributed by atoms with Gasteiger partial charge in [0.05, 0.1) is 13.2 Å². The monoisotopic (exact) mass is 535 g/mol. The maximum atomic E-state index is 13.2. The van der Waals surface area contributed by atoms with Crippen molar-refractivity contribution in [2.45, 2.75) is 20.8 Å². The van der Waals surface area contributed by atoms with Gasteiger partial charge in [-0.2, -0.15) is 0 Å². The summed E-state index contributed by atoms with van der Waals surface area (Å²) in [7, 11) is 0. The molecule has 3 aromatic rings. The first-order valence-electron chi connectivity index (χ1n) is 13.1. The van der Waals surface area contributed by atoms with E-state index in [2.05, 4.69) is 50.0 Å². The number of carbonyl (C=O) groups excluding carboxylic acids is 2. The molecule has 208 valence electrons. The predicted molar refractivity (Wildman–Crippen MR) is 153 cm³/mol. The SMILES string of the molecule is CCOc1c(NCCO)nc(-c2ccc(NC(=O)Nc3ccccc3)cc2)nc1C(=O)NCCN(CC)CC. The Bertz CT molecular complexity index is 1200. The zero-order chi connectivity index (χ0) is 28.0. The molecule has 0 unspecified atom stereocenters. The van der Waals surface area contributed by atoms with Crippen LogP contribution in [0.4, 0.5) is 22.0 Å². The van der Waals surface area contributed by atoms with Crippen molar-refractivity contribution >= 4 is 29.1 Å². The van der Waals surface area contributed by atoms with Crippen LogP contribution in [0.2, 0.25) is 0 Å². The molecule has 0 atom stereocenters. The average molecular weight is 536 g/mol. The van der Waals surface area contributed by atoms with Crippen molar-refractivity contribution in [2.24, 2.45) is 0 Å². The minimum atomic E-state index is -0.378. The van der Waals surface area contributed by atoms with Crippen molar-refractivity contribution in [3.63, 3.8) is 0 Å². The number of likely N-dealkylation sites (N-methyl/N-ethyl adjacent to an activating group) is 1. The first-order valence-corrected chi connectivity index (χ1v) is 13.1. The van der Waals surface area contributed by atoms with E-state index in [4.69, 9.17) is 4.74 Å². The molecule has 0 radical (unpaired) electrons. The third kappa shape index (κ3) is 8.66. The van der Waals surface area contributed by atoms with Gasteiger partial charge in [0.25, 0.3) is 5.91 Å². The summed E-state index contributed by atoms with van der Waals surface area (Å²) in [6.45, 7) is 9.31. The van der Waals surface area contributed by atoms with E-state index in [1.54, 1.807) is 36.4 Å². The van der Waals surface area contributed by atoms with E-state index in [-0.39, 0.29) is 36.5 Å². The Labute approximate surface area is 229 Å². The molecule has 0 aliphatic heterocycles. The van der Waals surface area contributed by atoms with Gasteiger partial charge in [-0.25, -0.2) is 14.8 Å². The number of anilines is 3. The van der Waals surface area contributed by atoms with E-state index < -0.39 is 0 Å². The third-order valence-corrected chi connectivity index (χ3v) is 5.81. The smallest absolute Gasteiger partial charge is 0.323 e. The van der Waals surface area contributed by atoms with Gasteiger partial charge in [0, 0.05) is 36.6 Å². The summed E-state index contributed by atoms with van der Waals surface area (Å²) in [6, 6.07) is 15.7. The number of aromatic nitrogens is 2. The number of para-hydroxylation sites is 1. The van der Waals surface area contributed by atoms with Crippen LogP contribution in [0.15, 0.2) is 54.6 Å². The van der Waals surface area contributed by atoms with Crippen LogP contribution in [0.3, 0.4) is 0 Å². The molecule has 0 saturated heterocycles. The van der Waals surface area contributed by atoms with Crippen molar-refractivity contribution in [1.82, 2.24) is 20.2 Å². The topological polar surface area (TPSA) is 141 Å². The van der Waals surface area contributed by atoms with Gasteiger partial charge >= 0.3 is 6.03 Å². The lowest BCUT2D eigenvalue weighted by Gasteiger charge is -2.19. The highest BCUT2D eigenvalue weighted by atomic mass is 16.5. The summed E-state index contributed by atoms with van der Waals surface area (Å²) >= 11 is 0. The number of benzene rings is 2. The Balaban J connectivity index is 1.83. The fourth-order valence-corrected chi connectivity index (χ4v) is 3.78. The largest absolute Gasteiger partial charge is 0.488 e. The van der Waals surface area contributed by atoms with Gasteiger partial charge in [-0.05, 0) is 56.4 Å². The van der Waals surface area contributed by atoms with Gasteiger partial charge in [-0.3, -0.25) is 4.79 Å². The van der Waals surface area contributed by atoms with Crippen LogP contribution < -0.4 is 26.0 Å². The number of carbonyl (C=O) groups is 2. The molecule has 3 amide bonds. The van der Waals surface area contributed by atoms with Crippen LogP contribution >= 0.6 is 0 Å². The lowest BCUT2D eigenvalue weighted by Crippen LogP contribution is -2.35. The first-order chi connectivity index (χ1) is 19.0. The van der Waals surface area contributed by atoms with E-state index in [0.717, 1.165) is 13.1 Å². The number of rotatable bonds is 14. The minimum absolute atomic E-state index is 0.103. The molecule has 5 N–H and O–H groups in total. The second-order valence-corrected chi connectivity index (χ2v) is 8.46. The standard InChI is InChI=1S/C28H37N7O4/c1-4-35(5-2)18-16-30-27(37)23-24(39-6-3)26(29-17-19-36)34-25(33-23)20-12-14-22(15-13-20)32-28(38)31-21-10-8-7-9-11-21/h7-15,36H,4-6,16-19H2,1-3H3,(H,30,37)(H,29,33,34)(H2,31,32,38). The molecule has 39 heavy (non-hydrogen) atoms. The molecule has 0 fully saturated rings. The number of nitrogens with one attached hydrogen (secondary N) is 4. The fraction of sp³-hybridized carbons (Fsp3) is 0.357. The fourth-order valence-electron chi connectivity index (χ4n) is 3.78. The number of ether oxygens (including phenoxy) is 1. The molecular formula is C28H37N7O4. The van der Waals surface area contributed by atoms with Crippen LogP contribution in [0.5, 0.6) is 5.75 Å². The highest BCUT2D eigenvalue weighted by Gasteiger charge is 2.22. The lowest BCUT2D eigenvalue weighted by atomic mass is 10.2. The molecule has 3 rings (SSSR count). The number of hydrogen-bond donors (Lipinski definition) is 5. The first kappa shape index (κ1) is 29.3. The molecule has 11 nitrogen and oxygen atoms in total. The molecule has 0 aliphatic carbocycles. The normalized spacial score (nSPS) is 10.7. The van der Waals surface area contributed by atoms with Crippen LogP contribution in [-0.2, 0) is 0 Å². The zero-order valence-corrected chi connectivity index (χ0v) is 22.7. The number of nitrogens with zero attached hydrogens (tertiary/aromatic N) is 3. The lowest BCUT2D eigenvalue weighted by molar-refractivity contribution is 0.0939. The Morgan fingerprint density at radius 1 is 0.897 bits per heavy atom. The minimum Gasteiger partial charge on any atom is -0.488 e. The van der Waals surface area contributed by atoms with Crippen molar-refractivity contribution < 1.29 is 19.4 Å². The summed E-state index contributed by atoms with van der Waals surface area (Å²) in [4.78, 5) is 36.9. The van der Waals surface area contributed by atoms with E-state index in [0.29, 0.717) is 48.3 Å². The molecule has 1 heterocycles. The van der Waals surface area contributed by atoms with Crippen molar-refractivity contribution in [3.05, 3.63) is 60.3 Å². The molecule has 0 spiro atoms. The van der Waals surface area contributed by atoms with Crippen LogP contribution in [0.25, 0.3) is 11.4 Å². The van der Waals surface area contributed by atoms with E-state index >= 15 is 0 Å². The van der Waals surface area contributed by atoms with Crippen molar-refractivity contribution in [1.29, 1.82) is 0 Å². The number of hydrogen-bond acceptors (Lipinski definition) is 8. The third-order valence-electron chi connectivity index (χ3n) is 5.81. The summed E-state index contributed by atoms with van der Waals surface area (Å²) < 4.78 is 5.76. The highest BCUT2D eigenvalue weighted by molar-refractivity contribution is 6.00. The maximum Gasteiger partial charge on any atom is 0.323 e. The van der Waals surface area contributed by atoms with Gasteiger partial charge in [0.1, 0.15) is 0 Å². The molecule has 1 aromatic heterocycles. The van der Waals surface area contributed by atoms with Gasteiger partial charge in [0.2, 0.25) is 0 Å². The molecule has 11 heteroatoms. The Kier molecular flexibility index (Phi) is 11.5. The highest BCUT2D eigenvalue weighted by Crippen LogP contribution is 2.30. The quantitative estimate of drug-likeness (QED) is 0.211. The number of aliphatic hydroxyl groups excluding tert-OH is 1. The Morgan fingerprint density at radius 2 is 1.56 bits per heavy atom. The van der Waals surface area contributed by atoms with Gasteiger partial charge in [-0.1, -0.05) is 32.0 Å². The summed E-state index contributed by atoms with van der Waals surface area (Å²) in [6.07, 6.45) is 0. The number of urea groups is 1. The van der Waals surface area contributed by atoms with Crippen LogP contribution in [0.1, 0.15) is 31.3 Å². The van der Waals surface area contributed by atoms with E-state index in [1.807, 2.05) is 25.1 Å². The van der Waals surface area contributed by atoms with Gasteiger partial charge in [-0.15, -0.1) is 0 Å². The van der Waals surface area contributed by atoms with Gasteiger partial charge < -0.3 is 36.0 Å². The maximum absolute atomic E-state index is 13.2. The molecular weight excluding hydrogens is 498 g/mol. The number of aliphatic hydroxyl groups is 1. The van der Waals surface area contributed by atoms with Crippen molar-refractivity contribution in [3.8, 4) is 17.1 Å². The van der Waals surface area contributed by atoms with Crippen LogP contribution in [-0.4, -0.2) is 77.9 Å². The van der Waals surface area contributed by atoms with Crippen molar-refractivity contribution in [2.75, 3.05) is 61.9 Å². The summed E-state index contributed by atoms with van der Waals surface area (Å²) in [5.41, 5.74) is 1.99.